The van der Waals surface area contributed by atoms with Crippen LogP contribution in [0.5, 0.6) is 0 Å². The molecule has 0 aliphatic rings. The van der Waals surface area contributed by atoms with Crippen LogP contribution in [0.25, 0.3) is 0 Å². The van der Waals surface area contributed by atoms with E-state index in [0.29, 0.717) is 0 Å². The summed E-state index contributed by atoms with van der Waals surface area (Å²) >= 11 is 1.02. The Morgan fingerprint density at radius 2 is 3.12 bits per heavy atom. The van der Waals surface area contributed by atoms with E-state index in [9.17, 15) is 0 Å². The van der Waals surface area contributed by atoms with Gasteiger partial charge in [0.1, 0.15) is 0 Å². The smallest absolute Gasteiger partial charge is 0.180 e. The number of nitrogens with zero attached hydrogens (tertiary/aromatic N) is 1. The molecule has 1 aromatic rings. The van der Waals surface area contributed by atoms with E-state index in [4.69, 9.17) is 12.6 Å². The van der Waals surface area contributed by atoms with Crippen LogP contribution in [0.15, 0.2) is 5.38 Å². The first kappa shape index (κ1) is 1.99. The second-order valence-electron chi connectivity index (χ2n) is 1.20. The molecule has 0 saturated heterocycles. The number of hydrogen-bond donors (Lipinski definition) is 1. The lowest BCUT2D eigenvalue weighted by Crippen LogP contribution is -1.83. The van der Waals surface area contributed by atoms with E-state index >= 15 is 0 Å². The van der Waals surface area contributed by atoms with E-state index in [1.165, 1.54) is 5.38 Å². The normalized spacial score (nSPS) is 22.2. The van der Waals surface area contributed by atoms with Crippen molar-refractivity contribution in [3.05, 3.63) is 11.1 Å². The van der Waals surface area contributed by atoms with Crippen molar-refractivity contribution in [1.29, 1.82) is 0 Å². The van der Waals surface area contributed by atoms with Gasteiger partial charge in [0, 0.05) is 12.2 Å². The molecule has 0 aliphatic carbocycles. The number of nitrogen functional groups attached to an aromatic ring is 1. The predicted molar refractivity (Wildman–Crippen MR) is 35.9 cm³/mol. The molecule has 3 heteroatoms. The fourth-order valence-electron chi connectivity index (χ4n) is 0.345. The first-order chi connectivity index (χ1) is 5.75. The molecule has 44 valence electrons. The Morgan fingerprint density at radius 1 is 2.25 bits per heavy atom. The third kappa shape index (κ3) is 0.980. The van der Waals surface area contributed by atoms with Crippen molar-refractivity contribution >= 4 is 16.5 Å². The van der Waals surface area contributed by atoms with Gasteiger partial charge in [0.2, 0.25) is 0 Å². The van der Waals surface area contributed by atoms with Gasteiger partial charge in [-0.2, -0.15) is 0 Å². The maximum absolute atomic E-state index is 7.32. The third-order valence-electron chi connectivity index (χ3n) is 0.650. The summed E-state index contributed by atoms with van der Waals surface area (Å²) in [6.07, 6.45) is -2.43. The van der Waals surface area contributed by atoms with Crippen molar-refractivity contribution < 1.29 is 6.85 Å². The van der Waals surface area contributed by atoms with Gasteiger partial charge in [0.05, 0.1) is 5.69 Å². The van der Waals surface area contributed by atoms with Crippen LogP contribution in [0.1, 0.15) is 19.4 Å². The lowest BCUT2D eigenvalue weighted by Gasteiger charge is -1.79. The minimum absolute atomic E-state index is 0.130. The van der Waals surface area contributed by atoms with Crippen molar-refractivity contribution in [2.75, 3.05) is 5.73 Å². The van der Waals surface area contributed by atoms with Gasteiger partial charge in [0.15, 0.2) is 5.13 Å². The van der Waals surface area contributed by atoms with Crippen LogP contribution in [-0.2, 0) is 6.37 Å². The fraction of sp³-hybridized carbons (Fsp3) is 0.400. The number of anilines is 1. The molecular formula is C5H8N2S. The monoisotopic (exact) mass is 133 g/mol. The number of nitrogens with two attached hydrogens (primary N) is 1. The van der Waals surface area contributed by atoms with Crippen molar-refractivity contribution in [3.63, 3.8) is 0 Å². The van der Waals surface area contributed by atoms with Crippen LogP contribution in [0.4, 0.5) is 5.13 Å². The van der Waals surface area contributed by atoms with Gasteiger partial charge in [0.25, 0.3) is 0 Å². The molecule has 0 fully saturated rings. The van der Waals surface area contributed by atoms with Crippen LogP contribution in [0.2, 0.25) is 0 Å². The molecule has 2 N–H and O–H groups in total. The van der Waals surface area contributed by atoms with Crippen molar-refractivity contribution in [3.8, 4) is 0 Å². The van der Waals surface area contributed by atoms with Crippen molar-refractivity contribution in [2.45, 2.75) is 13.2 Å². The Balaban J connectivity index is 3.07. The van der Waals surface area contributed by atoms with Crippen LogP contribution in [-0.4, -0.2) is 4.98 Å². The molecule has 2 nitrogen and oxygen atoms in total. The zero-order valence-electron chi connectivity index (χ0n) is 9.01. The molecule has 0 saturated carbocycles. The highest BCUT2D eigenvalue weighted by atomic mass is 32.1. The molecular weight excluding hydrogens is 120 g/mol. The topological polar surface area (TPSA) is 38.9 Å². The SMILES string of the molecule is [2H]C([2H])([2H])C([2H])([2H])c1csc(N)n1. The maximum Gasteiger partial charge on any atom is 0.180 e. The molecule has 0 aromatic carbocycles. The Kier molecular flexibility index (Phi) is 0.530. The quantitative estimate of drug-likeness (QED) is 0.627. The van der Waals surface area contributed by atoms with E-state index in [1.807, 2.05) is 0 Å². The Bertz CT molecular complexity index is 304. The molecule has 0 spiro atoms. The zero-order valence-corrected chi connectivity index (χ0v) is 4.83. The molecule has 0 unspecified atom stereocenters. The molecule has 8 heavy (non-hydrogen) atoms. The van der Waals surface area contributed by atoms with Gasteiger partial charge in [-0.25, -0.2) is 4.98 Å². The first-order valence-corrected chi connectivity index (χ1v) is 2.84. The van der Waals surface area contributed by atoms with Gasteiger partial charge in [-0.15, -0.1) is 11.3 Å². The van der Waals surface area contributed by atoms with Gasteiger partial charge in [-0.1, -0.05) is 6.85 Å². The van der Waals surface area contributed by atoms with Gasteiger partial charge in [-0.3, -0.25) is 0 Å². The number of aromatic nitrogens is 1. The lowest BCUT2D eigenvalue weighted by molar-refractivity contribution is 1.07. The summed E-state index contributed by atoms with van der Waals surface area (Å²) in [5.41, 5.74) is 5.15. The molecule has 0 bridgehead atoms. The highest BCUT2D eigenvalue weighted by Gasteiger charge is 1.91. The molecule has 0 atom stereocenters. The second-order valence-corrected chi connectivity index (χ2v) is 2.09. The fourth-order valence-corrected chi connectivity index (χ4v) is 0.840. The van der Waals surface area contributed by atoms with E-state index in [-0.39, 0.29) is 10.8 Å². The summed E-state index contributed by atoms with van der Waals surface area (Å²) in [6, 6.07) is 0. The predicted octanol–water partition coefficient (Wildman–Crippen LogP) is 1.29. The van der Waals surface area contributed by atoms with Crippen LogP contribution in [0, 0.1) is 0 Å². The minimum Gasteiger partial charge on any atom is -0.375 e. The summed E-state index contributed by atoms with van der Waals surface area (Å²) in [5, 5.41) is 1.49. The summed E-state index contributed by atoms with van der Waals surface area (Å²) in [4.78, 5) is 3.61. The lowest BCUT2D eigenvalue weighted by atomic mass is 10.4. The van der Waals surface area contributed by atoms with E-state index in [1.54, 1.807) is 0 Å². The third-order valence-corrected chi connectivity index (χ3v) is 1.32. The highest BCUT2D eigenvalue weighted by Crippen LogP contribution is 2.10. The Morgan fingerprint density at radius 3 is 3.62 bits per heavy atom. The standard InChI is InChI=1S/C5H8N2S/c1-2-4-3-8-5(6)7-4/h3H,2H2,1H3,(H2,6,7)/i1D3,2D2. The van der Waals surface area contributed by atoms with E-state index < -0.39 is 13.2 Å². The van der Waals surface area contributed by atoms with E-state index in [0.717, 1.165) is 11.3 Å². The second kappa shape index (κ2) is 2.13. The first-order valence-electron chi connectivity index (χ1n) is 4.46. The summed E-state index contributed by atoms with van der Waals surface area (Å²) in [7, 11) is 0. The molecule has 1 heterocycles. The molecule has 1 rings (SSSR count). The van der Waals surface area contributed by atoms with Gasteiger partial charge in [-0.05, 0) is 6.37 Å². The Labute approximate surface area is 59.4 Å². The van der Waals surface area contributed by atoms with Gasteiger partial charge >= 0.3 is 0 Å². The van der Waals surface area contributed by atoms with Crippen LogP contribution in [0.3, 0.4) is 0 Å². The van der Waals surface area contributed by atoms with E-state index in [2.05, 4.69) is 4.98 Å². The Hall–Kier alpha value is -0.570. The average molecular weight is 133 g/mol. The summed E-state index contributed by atoms with van der Waals surface area (Å²) < 4.78 is 35.5. The van der Waals surface area contributed by atoms with Crippen LogP contribution < -0.4 is 5.73 Å². The highest BCUT2D eigenvalue weighted by molar-refractivity contribution is 7.13. The largest absolute Gasteiger partial charge is 0.375 e. The minimum atomic E-state index is -2.71. The van der Waals surface area contributed by atoms with Crippen molar-refractivity contribution in [2.24, 2.45) is 0 Å². The van der Waals surface area contributed by atoms with Crippen LogP contribution >= 0.6 is 11.3 Å². The molecule has 0 aliphatic heterocycles. The molecule has 0 radical (unpaired) electrons. The average Bonchev–Trinajstić information content (AvgIpc) is 2.33. The number of hydrogen-bond acceptors (Lipinski definition) is 3. The number of rotatable bonds is 1. The van der Waals surface area contributed by atoms with Crippen molar-refractivity contribution in [1.82, 2.24) is 4.98 Å². The summed E-state index contributed by atoms with van der Waals surface area (Å²) in [5.74, 6) is 0. The maximum atomic E-state index is 7.32. The molecule has 1 aromatic heterocycles. The number of aryl methyl sites for hydroxylation is 1. The number of thiazole rings is 1. The zero-order chi connectivity index (χ0) is 10.3. The molecule has 0 amide bonds. The summed E-state index contributed by atoms with van der Waals surface area (Å²) in [6.45, 7) is -2.71. The van der Waals surface area contributed by atoms with Gasteiger partial charge < -0.3 is 5.73 Å².